The molecule has 0 aromatic rings. The highest BCUT2D eigenvalue weighted by molar-refractivity contribution is 8.13. The summed E-state index contributed by atoms with van der Waals surface area (Å²) >= 11 is 1.10. The predicted octanol–water partition coefficient (Wildman–Crippen LogP) is 7.12. The Kier molecular flexibility index (Phi) is 35.5. The van der Waals surface area contributed by atoms with Crippen LogP contribution in [0.15, 0.2) is 0 Å². The van der Waals surface area contributed by atoms with E-state index in [0.717, 1.165) is 102 Å². The maximum absolute atomic E-state index is 13.2. The first-order valence-electron chi connectivity index (χ1n) is 21.4. The molecular weight excluding hydrogens is 757 g/mol. The molecule has 1 N–H and O–H groups in total. The average Bonchev–Trinajstić information content (AvgIpc) is 3.19. The molecule has 1 amide bonds. The molecule has 15 heteroatoms. The normalized spacial score (nSPS) is 12.1. The number of carbonyl (C=O) groups excluding carboxylic acids is 6. The molecule has 0 bridgehead atoms. The van der Waals surface area contributed by atoms with Gasteiger partial charge in [0.05, 0.1) is 44.5 Å². The topological polar surface area (TPSA) is 175 Å². The van der Waals surface area contributed by atoms with Crippen LogP contribution >= 0.6 is 11.8 Å². The van der Waals surface area contributed by atoms with Crippen LogP contribution in [0.25, 0.3) is 0 Å². The number of hydrogen-bond donors (Lipinski definition) is 1. The summed E-state index contributed by atoms with van der Waals surface area (Å²) in [6.45, 7) is 6.20. The third kappa shape index (κ3) is 33.7. The molecule has 0 spiro atoms. The van der Waals surface area contributed by atoms with Crippen LogP contribution in [0.1, 0.15) is 143 Å². The maximum atomic E-state index is 13.2. The molecule has 57 heavy (non-hydrogen) atoms. The summed E-state index contributed by atoms with van der Waals surface area (Å²) in [6.07, 6.45) is 13.9. The van der Waals surface area contributed by atoms with Crippen molar-refractivity contribution < 1.29 is 57.6 Å². The molecule has 2 unspecified atom stereocenters. The lowest BCUT2D eigenvalue weighted by Crippen LogP contribution is -2.34. The molecule has 0 aromatic carbocycles. The van der Waals surface area contributed by atoms with Crippen LogP contribution in [0.2, 0.25) is 0 Å². The molecule has 14 nitrogen and oxygen atoms in total. The fourth-order valence-electron chi connectivity index (χ4n) is 5.36. The van der Waals surface area contributed by atoms with Gasteiger partial charge >= 0.3 is 29.8 Å². The number of nitrogens with zero attached hydrogens (tertiary/aromatic N) is 2. The van der Waals surface area contributed by atoms with Gasteiger partial charge in [-0.25, -0.2) is 0 Å². The monoisotopic (exact) mass is 833 g/mol. The summed E-state index contributed by atoms with van der Waals surface area (Å²) in [5.41, 5.74) is 0. The second-order valence-corrected chi connectivity index (χ2v) is 15.9. The molecule has 0 saturated heterocycles. The zero-order chi connectivity index (χ0) is 42.5. The van der Waals surface area contributed by atoms with Crippen molar-refractivity contribution in [3.05, 3.63) is 0 Å². The van der Waals surface area contributed by atoms with Gasteiger partial charge in [-0.3, -0.25) is 28.8 Å². The Morgan fingerprint density at radius 3 is 1.25 bits per heavy atom. The van der Waals surface area contributed by atoms with Crippen LogP contribution in [0.4, 0.5) is 4.79 Å². The van der Waals surface area contributed by atoms with Crippen LogP contribution in [0, 0.1) is 11.8 Å². The van der Waals surface area contributed by atoms with Gasteiger partial charge in [0.1, 0.15) is 19.8 Å². The fraction of sp³-hybridized carbons (Fsp3) is 0.857. The Labute approximate surface area is 347 Å². The Bertz CT molecular complexity index is 1090. The molecule has 332 valence electrons. The first-order chi connectivity index (χ1) is 27.4. The molecule has 0 fully saturated rings. The molecule has 0 radical (unpaired) electrons. The molecule has 0 aliphatic heterocycles. The standard InChI is InChI=1S/C42H76N2O12S/c1-6-9-12-14-15-18-22-39(48)55-33-36(32-54-38(47)21-17-13-10-7-2)34-56-41(50)24-27-44(42(51)57-28-19-25-43(4)5)26-23-40(49)53-31-35(29-45)30-52-37(46)20-16-11-8-3/h35-36,45H,6-34H2,1-5H3. The number of aliphatic hydroxyl groups excluding tert-OH is 1. The number of amides is 1. The van der Waals surface area contributed by atoms with Gasteiger partial charge in [0.15, 0.2) is 0 Å². The van der Waals surface area contributed by atoms with Gasteiger partial charge in [0.25, 0.3) is 5.24 Å². The highest BCUT2D eigenvalue weighted by atomic mass is 32.2. The lowest BCUT2D eigenvalue weighted by Gasteiger charge is -2.22. The lowest BCUT2D eigenvalue weighted by molar-refractivity contribution is -0.154. The Morgan fingerprint density at radius 2 is 0.825 bits per heavy atom. The SMILES string of the molecule is CCCCCCCCC(=O)OCC(COC(=O)CCCCCC)COC(=O)CCN(CCC(=O)OCC(CO)COC(=O)CCCCC)C(=O)SCCCN(C)C. The van der Waals surface area contributed by atoms with Gasteiger partial charge in [0, 0.05) is 38.1 Å². The Morgan fingerprint density at radius 1 is 0.474 bits per heavy atom. The lowest BCUT2D eigenvalue weighted by atomic mass is 10.1. The first-order valence-corrected chi connectivity index (χ1v) is 22.4. The second kappa shape index (κ2) is 37.4. The molecule has 2 atom stereocenters. The van der Waals surface area contributed by atoms with E-state index in [9.17, 15) is 33.9 Å². The van der Waals surface area contributed by atoms with Gasteiger partial charge in [-0.15, -0.1) is 0 Å². The summed E-state index contributed by atoms with van der Waals surface area (Å²) in [5, 5.41) is 9.39. The minimum Gasteiger partial charge on any atom is -0.465 e. The number of rotatable bonds is 37. The minimum atomic E-state index is -0.602. The smallest absolute Gasteiger partial charge is 0.307 e. The van der Waals surface area contributed by atoms with E-state index in [2.05, 4.69) is 13.8 Å². The average molecular weight is 833 g/mol. The van der Waals surface area contributed by atoms with Crippen molar-refractivity contribution in [3.8, 4) is 0 Å². The van der Waals surface area contributed by atoms with Crippen molar-refractivity contribution in [1.29, 1.82) is 0 Å². The fourth-order valence-corrected chi connectivity index (χ4v) is 6.17. The number of aliphatic hydroxyl groups is 1. The number of carbonyl (C=O) groups is 6. The van der Waals surface area contributed by atoms with Crippen molar-refractivity contribution in [2.75, 3.05) is 79.1 Å². The van der Waals surface area contributed by atoms with Gasteiger partial charge in [-0.05, 0) is 46.3 Å². The summed E-state index contributed by atoms with van der Waals surface area (Å²) in [6, 6.07) is 0. The van der Waals surface area contributed by atoms with Crippen LogP contribution in [-0.4, -0.2) is 129 Å². The first kappa shape index (κ1) is 54.1. The van der Waals surface area contributed by atoms with E-state index >= 15 is 0 Å². The summed E-state index contributed by atoms with van der Waals surface area (Å²) < 4.78 is 27.0. The quantitative estimate of drug-likeness (QED) is 0.0381. The molecule has 0 saturated carbocycles. The minimum absolute atomic E-state index is 0.00672. The van der Waals surface area contributed by atoms with Crippen molar-refractivity contribution in [3.63, 3.8) is 0 Å². The highest BCUT2D eigenvalue weighted by Crippen LogP contribution is 2.14. The number of hydrogen-bond acceptors (Lipinski definition) is 14. The van der Waals surface area contributed by atoms with E-state index < -0.39 is 23.8 Å². The highest BCUT2D eigenvalue weighted by Gasteiger charge is 2.22. The molecule has 0 aliphatic rings. The van der Waals surface area contributed by atoms with E-state index in [4.69, 9.17) is 23.7 Å². The maximum Gasteiger partial charge on any atom is 0.307 e. The van der Waals surface area contributed by atoms with Crippen molar-refractivity contribution in [1.82, 2.24) is 9.80 Å². The number of thioether (sulfide) groups is 1. The Hall–Kier alpha value is -2.91. The van der Waals surface area contributed by atoms with E-state index in [-0.39, 0.29) is 102 Å². The third-order valence-corrected chi connectivity index (χ3v) is 10.0. The zero-order valence-corrected chi connectivity index (χ0v) is 36.7. The van der Waals surface area contributed by atoms with Crippen LogP contribution in [0.3, 0.4) is 0 Å². The summed E-state index contributed by atoms with van der Waals surface area (Å²) in [4.78, 5) is 78.9. The van der Waals surface area contributed by atoms with Gasteiger partial charge in [0.2, 0.25) is 0 Å². The van der Waals surface area contributed by atoms with E-state index in [1.165, 1.54) is 11.3 Å². The summed E-state index contributed by atoms with van der Waals surface area (Å²) in [7, 11) is 3.89. The van der Waals surface area contributed by atoms with E-state index in [1.54, 1.807) is 0 Å². The Balaban J connectivity index is 5.21. The second-order valence-electron chi connectivity index (χ2n) is 14.9. The predicted molar refractivity (Wildman–Crippen MR) is 222 cm³/mol. The van der Waals surface area contributed by atoms with E-state index in [1.807, 2.05) is 25.9 Å². The number of esters is 5. The van der Waals surface area contributed by atoms with Crippen LogP contribution in [-0.2, 0) is 47.7 Å². The van der Waals surface area contributed by atoms with Gasteiger partial charge in [-0.1, -0.05) is 96.7 Å². The number of unbranched alkanes of at least 4 members (excludes halogenated alkanes) is 10. The van der Waals surface area contributed by atoms with Crippen LogP contribution in [0.5, 0.6) is 0 Å². The number of ether oxygens (including phenoxy) is 5. The molecule has 0 rings (SSSR count). The molecule has 0 heterocycles. The van der Waals surface area contributed by atoms with Gasteiger partial charge < -0.3 is 38.6 Å². The van der Waals surface area contributed by atoms with Crippen LogP contribution < -0.4 is 0 Å². The molecule has 0 aromatic heterocycles. The molecular formula is C42H76N2O12S. The third-order valence-electron chi connectivity index (χ3n) is 9.02. The molecule has 0 aliphatic carbocycles. The van der Waals surface area contributed by atoms with Gasteiger partial charge in [-0.2, -0.15) is 0 Å². The summed E-state index contributed by atoms with van der Waals surface area (Å²) in [5.74, 6) is -2.86. The zero-order valence-electron chi connectivity index (χ0n) is 35.9. The van der Waals surface area contributed by atoms with Crippen molar-refractivity contribution >= 4 is 46.8 Å². The van der Waals surface area contributed by atoms with Crippen molar-refractivity contribution in [2.24, 2.45) is 11.8 Å². The largest absolute Gasteiger partial charge is 0.465 e. The van der Waals surface area contributed by atoms with Crippen molar-refractivity contribution in [2.45, 2.75) is 143 Å². The van der Waals surface area contributed by atoms with E-state index in [0.29, 0.717) is 12.2 Å².